The number of fused-ring (bicyclic) bond motifs is 1. The van der Waals surface area contributed by atoms with Crippen molar-refractivity contribution in [1.29, 1.82) is 0 Å². The molecule has 3 fully saturated rings. The van der Waals surface area contributed by atoms with Crippen molar-refractivity contribution in [3.63, 3.8) is 0 Å². The average molecular weight is 455 g/mol. The van der Waals surface area contributed by atoms with Crippen molar-refractivity contribution in [1.82, 2.24) is 20.0 Å². The summed E-state index contributed by atoms with van der Waals surface area (Å²) in [6.45, 7) is 18.4. The molecule has 0 saturated carbocycles. The van der Waals surface area contributed by atoms with E-state index < -0.39 is 0 Å². The fourth-order valence-corrected chi connectivity index (χ4v) is 4.34. The monoisotopic (exact) mass is 454 g/mol. The van der Waals surface area contributed by atoms with E-state index in [1.807, 2.05) is 13.8 Å². The Morgan fingerprint density at radius 3 is 2.24 bits per heavy atom. The predicted octanol–water partition coefficient (Wildman–Crippen LogP) is 4.14. The van der Waals surface area contributed by atoms with Crippen LogP contribution in [-0.4, -0.2) is 79.9 Å². The van der Waals surface area contributed by atoms with E-state index in [0.29, 0.717) is 12.3 Å². The summed E-state index contributed by atoms with van der Waals surface area (Å²) in [5, 5.41) is 3.38. The van der Waals surface area contributed by atoms with Gasteiger partial charge in [0.1, 0.15) is 12.3 Å². The van der Waals surface area contributed by atoms with Crippen LogP contribution in [-0.2, 0) is 17.8 Å². The molecular weight excluding hydrogens is 408 g/mol. The van der Waals surface area contributed by atoms with Crippen molar-refractivity contribution in [3.8, 4) is 0 Å². The average Bonchev–Trinajstić information content (AvgIpc) is 3.58. The van der Waals surface area contributed by atoms with Crippen LogP contribution in [0.5, 0.6) is 0 Å². The largest absolute Gasteiger partial charge is 0.352 e. The van der Waals surface area contributed by atoms with E-state index in [1.54, 1.807) is 0 Å². The second-order valence-electron chi connectivity index (χ2n) is 9.34. The smallest absolute Gasteiger partial charge is 0.136 e. The number of rotatable bonds is 4. The van der Waals surface area contributed by atoms with Crippen molar-refractivity contribution in [2.24, 2.45) is 0 Å². The van der Waals surface area contributed by atoms with E-state index >= 15 is 0 Å². The molecule has 2 unspecified atom stereocenters. The molecule has 2 aromatic carbocycles. The molecule has 0 aromatic heterocycles. The third kappa shape index (κ3) is 8.84. The number of aryl methyl sites for hydroxylation is 2. The van der Waals surface area contributed by atoms with Gasteiger partial charge < -0.3 is 9.64 Å². The number of ether oxygens (including phenoxy) is 1. The number of nitrogens with zero attached hydrogens (tertiary/aromatic N) is 3. The Kier molecular flexibility index (Phi) is 10.4. The molecule has 3 aliphatic heterocycles. The number of hydrogen-bond acceptors (Lipinski definition) is 5. The van der Waals surface area contributed by atoms with Crippen molar-refractivity contribution in [3.05, 3.63) is 70.8 Å². The van der Waals surface area contributed by atoms with Crippen molar-refractivity contribution >= 4 is 0 Å². The first-order valence-corrected chi connectivity index (χ1v) is 12.7. The number of likely N-dealkylation sites (N-methyl/N-ethyl adjacent to an activating group) is 1. The van der Waals surface area contributed by atoms with E-state index in [4.69, 9.17) is 4.74 Å². The molecule has 3 heterocycles. The first kappa shape index (κ1) is 25.9. The highest BCUT2D eigenvalue weighted by molar-refractivity contribution is 5.22. The molecule has 5 nitrogen and oxygen atoms in total. The number of nitrogens with one attached hydrogen (secondary N) is 1. The maximum absolute atomic E-state index is 5.50. The molecule has 0 aliphatic carbocycles. The van der Waals surface area contributed by atoms with Gasteiger partial charge in [0, 0.05) is 60.3 Å². The van der Waals surface area contributed by atoms with Crippen LogP contribution >= 0.6 is 0 Å². The third-order valence-electron chi connectivity index (χ3n) is 6.41. The maximum atomic E-state index is 5.50. The van der Waals surface area contributed by atoms with E-state index in [-0.39, 0.29) is 1.43 Å². The lowest BCUT2D eigenvalue weighted by Gasteiger charge is -2.32. The standard InChI is InChI=1S/C13H18N2O.C13H20N2.C2H6.H2/c1-10-3-2-4-11(7-10)8-15-6-5-14-13-12(9-15)16-13;1-12-3-5-13(6-4-12)11-15-9-7-14(2)8-10-15;1-2;/h2-4,7,12-14H,5-6,8-9H2,1H3;3-6H,7-11H2,1-2H3;1-2H3;1H. The van der Waals surface area contributed by atoms with Gasteiger partial charge in [-0.25, -0.2) is 0 Å². The highest BCUT2D eigenvalue weighted by atomic mass is 16.6. The van der Waals surface area contributed by atoms with Crippen molar-refractivity contribution in [2.75, 3.05) is 52.9 Å². The number of hydrogen-bond donors (Lipinski definition) is 1. The van der Waals surface area contributed by atoms with Crippen LogP contribution in [0.3, 0.4) is 0 Å². The normalized spacial score (nSPS) is 23.3. The van der Waals surface area contributed by atoms with Gasteiger partial charge in [-0.2, -0.15) is 0 Å². The Balaban J connectivity index is 0.000000219. The molecule has 2 atom stereocenters. The predicted molar refractivity (Wildman–Crippen MR) is 141 cm³/mol. The van der Waals surface area contributed by atoms with Gasteiger partial charge in [0.2, 0.25) is 0 Å². The summed E-state index contributed by atoms with van der Waals surface area (Å²) in [4.78, 5) is 7.40. The first-order chi connectivity index (χ1) is 16.0. The van der Waals surface area contributed by atoms with Crippen LogP contribution in [0, 0.1) is 13.8 Å². The fourth-order valence-electron chi connectivity index (χ4n) is 4.34. The van der Waals surface area contributed by atoms with Gasteiger partial charge in [-0.3, -0.25) is 15.1 Å². The molecule has 0 bridgehead atoms. The van der Waals surface area contributed by atoms with E-state index in [2.05, 4.69) is 89.4 Å². The van der Waals surface area contributed by atoms with Crippen molar-refractivity contribution in [2.45, 2.75) is 53.1 Å². The molecule has 0 spiro atoms. The zero-order valence-electron chi connectivity index (χ0n) is 21.4. The summed E-state index contributed by atoms with van der Waals surface area (Å²) in [5.41, 5.74) is 5.52. The lowest BCUT2D eigenvalue weighted by Crippen LogP contribution is -2.43. The summed E-state index contributed by atoms with van der Waals surface area (Å²) < 4.78 is 5.50. The molecule has 0 amide bonds. The van der Waals surface area contributed by atoms with Crippen LogP contribution in [0.1, 0.15) is 37.5 Å². The third-order valence-corrected chi connectivity index (χ3v) is 6.41. The molecular formula is C28H46N4O. The van der Waals surface area contributed by atoms with Crippen LogP contribution in [0.4, 0.5) is 0 Å². The second-order valence-corrected chi connectivity index (χ2v) is 9.34. The zero-order valence-corrected chi connectivity index (χ0v) is 21.4. The Morgan fingerprint density at radius 1 is 0.848 bits per heavy atom. The molecule has 3 saturated heterocycles. The summed E-state index contributed by atoms with van der Waals surface area (Å²) in [6, 6.07) is 17.6. The summed E-state index contributed by atoms with van der Waals surface area (Å²) in [7, 11) is 2.20. The quantitative estimate of drug-likeness (QED) is 0.703. The highest BCUT2D eigenvalue weighted by Gasteiger charge is 2.41. The van der Waals surface area contributed by atoms with E-state index in [9.17, 15) is 0 Å². The number of epoxide rings is 1. The van der Waals surface area contributed by atoms with Gasteiger partial charge in [0.05, 0.1) is 0 Å². The van der Waals surface area contributed by atoms with Crippen LogP contribution in [0.2, 0.25) is 0 Å². The first-order valence-electron chi connectivity index (χ1n) is 12.7. The highest BCUT2D eigenvalue weighted by Crippen LogP contribution is 2.23. The Morgan fingerprint density at radius 2 is 1.55 bits per heavy atom. The summed E-state index contributed by atoms with van der Waals surface area (Å²) in [6.07, 6.45) is 0.759. The molecule has 5 heteroatoms. The van der Waals surface area contributed by atoms with Crippen LogP contribution in [0.25, 0.3) is 0 Å². The Bertz CT molecular complexity index is 823. The molecule has 33 heavy (non-hydrogen) atoms. The van der Waals surface area contributed by atoms with Gasteiger partial charge in [-0.15, -0.1) is 0 Å². The molecule has 3 aliphatic rings. The van der Waals surface area contributed by atoms with Gasteiger partial charge >= 0.3 is 0 Å². The van der Waals surface area contributed by atoms with E-state index in [1.165, 1.54) is 48.4 Å². The minimum atomic E-state index is 0. The zero-order chi connectivity index (χ0) is 23.6. The minimum absolute atomic E-state index is 0. The van der Waals surface area contributed by atoms with Gasteiger partial charge in [0.25, 0.3) is 0 Å². The molecule has 184 valence electrons. The minimum Gasteiger partial charge on any atom is -0.352 e. The SMILES string of the molecule is CC.Cc1ccc(CN2CCN(C)CC2)cc1.Cc1cccc(CN2CCNC3OC3C2)c1.[HH]. The van der Waals surface area contributed by atoms with Crippen LogP contribution in [0.15, 0.2) is 48.5 Å². The molecule has 5 rings (SSSR count). The number of piperazine rings is 1. The number of benzene rings is 2. The maximum Gasteiger partial charge on any atom is 0.136 e. The fraction of sp³-hybridized carbons (Fsp3) is 0.571. The van der Waals surface area contributed by atoms with Gasteiger partial charge in [-0.1, -0.05) is 73.5 Å². The van der Waals surface area contributed by atoms with Crippen molar-refractivity contribution < 1.29 is 6.16 Å². The summed E-state index contributed by atoms with van der Waals surface area (Å²) in [5.74, 6) is 0. The lowest BCUT2D eigenvalue weighted by atomic mass is 10.1. The molecule has 0 radical (unpaired) electrons. The second kappa shape index (κ2) is 13.2. The topological polar surface area (TPSA) is 34.3 Å². The Labute approximate surface area is 203 Å². The molecule has 1 N–H and O–H groups in total. The lowest BCUT2D eigenvalue weighted by molar-refractivity contribution is 0.148. The van der Waals surface area contributed by atoms with E-state index in [0.717, 1.165) is 32.7 Å². The Hall–Kier alpha value is -1.76. The van der Waals surface area contributed by atoms with Crippen LogP contribution < -0.4 is 5.32 Å². The molecule has 2 aromatic rings. The van der Waals surface area contributed by atoms with Gasteiger partial charge in [-0.05, 0) is 32.0 Å². The van der Waals surface area contributed by atoms with Gasteiger partial charge in [0.15, 0.2) is 0 Å². The summed E-state index contributed by atoms with van der Waals surface area (Å²) >= 11 is 0.